The molecule has 2 atom stereocenters. The Hall–Kier alpha value is -1.07. The molecule has 1 aromatic rings. The van der Waals surface area contributed by atoms with Gasteiger partial charge in [-0.1, -0.05) is 19.8 Å². The molecule has 1 aliphatic rings. The van der Waals surface area contributed by atoms with E-state index in [1.165, 1.54) is 6.42 Å². The van der Waals surface area contributed by atoms with E-state index in [0.717, 1.165) is 24.9 Å². The van der Waals surface area contributed by atoms with E-state index in [0.29, 0.717) is 10.8 Å². The van der Waals surface area contributed by atoms with Crippen LogP contribution < -0.4 is 10.0 Å². The van der Waals surface area contributed by atoms with Crippen LogP contribution in [0.15, 0.2) is 29.2 Å². The zero-order valence-corrected chi connectivity index (χ0v) is 12.3. The molecule has 0 aromatic heterocycles. The fourth-order valence-corrected chi connectivity index (χ4v) is 3.91. The van der Waals surface area contributed by atoms with Gasteiger partial charge in [0.05, 0.1) is 4.90 Å². The van der Waals surface area contributed by atoms with Gasteiger partial charge in [0, 0.05) is 18.8 Å². The largest absolute Gasteiger partial charge is 0.388 e. The molecule has 19 heavy (non-hydrogen) atoms. The third kappa shape index (κ3) is 3.70. The molecule has 4 nitrogen and oxygen atoms in total. The third-order valence-corrected chi connectivity index (χ3v) is 5.25. The van der Waals surface area contributed by atoms with E-state index < -0.39 is 10.0 Å². The lowest BCUT2D eigenvalue weighted by Crippen LogP contribution is -2.37. The average Bonchev–Trinajstić information content (AvgIpc) is 2.38. The molecule has 1 aliphatic carbocycles. The molecular weight excluding hydrogens is 260 g/mol. The minimum atomic E-state index is -3.39. The summed E-state index contributed by atoms with van der Waals surface area (Å²) < 4.78 is 27.4. The molecular formula is C14H22N2O2S. The lowest BCUT2D eigenvalue weighted by atomic mass is 9.88. The minimum Gasteiger partial charge on any atom is -0.388 e. The molecule has 0 radical (unpaired) electrons. The van der Waals surface area contributed by atoms with Crippen LogP contribution in [0.25, 0.3) is 0 Å². The second-order valence-corrected chi connectivity index (χ2v) is 7.08. The van der Waals surface area contributed by atoms with Gasteiger partial charge in [-0.05, 0) is 43.0 Å². The predicted octanol–water partition coefficient (Wildman–Crippen LogP) is 2.59. The summed E-state index contributed by atoms with van der Waals surface area (Å²) >= 11 is 0. The molecule has 0 saturated heterocycles. The summed E-state index contributed by atoms with van der Waals surface area (Å²) in [5.74, 6) is 0.605. The summed E-state index contributed by atoms with van der Waals surface area (Å²) in [6.45, 7) is 2.18. The van der Waals surface area contributed by atoms with Gasteiger partial charge in [0.1, 0.15) is 0 Å². The number of rotatable bonds is 4. The van der Waals surface area contributed by atoms with Crippen molar-refractivity contribution in [1.29, 1.82) is 0 Å². The van der Waals surface area contributed by atoms with E-state index in [2.05, 4.69) is 17.0 Å². The Morgan fingerprint density at radius 1 is 1.16 bits per heavy atom. The summed E-state index contributed by atoms with van der Waals surface area (Å²) in [7, 11) is -1.58. The molecule has 1 saturated carbocycles. The number of benzene rings is 1. The summed E-state index contributed by atoms with van der Waals surface area (Å²) in [6, 6.07) is 6.91. The van der Waals surface area contributed by atoms with E-state index in [-0.39, 0.29) is 6.04 Å². The molecule has 2 rings (SSSR count). The van der Waals surface area contributed by atoms with Crippen LogP contribution in [0.3, 0.4) is 0 Å². The number of sulfonamides is 1. The molecule has 106 valence electrons. The van der Waals surface area contributed by atoms with Crippen molar-refractivity contribution in [3.05, 3.63) is 24.3 Å². The van der Waals surface area contributed by atoms with Crippen molar-refractivity contribution in [2.24, 2.45) is 5.92 Å². The number of hydrogen-bond acceptors (Lipinski definition) is 3. The van der Waals surface area contributed by atoms with Gasteiger partial charge in [-0.3, -0.25) is 0 Å². The van der Waals surface area contributed by atoms with E-state index >= 15 is 0 Å². The van der Waals surface area contributed by atoms with Gasteiger partial charge in [-0.25, -0.2) is 13.1 Å². The minimum absolute atomic E-state index is 0.0812. The molecule has 1 aromatic carbocycles. The molecule has 1 fully saturated rings. The van der Waals surface area contributed by atoms with Crippen molar-refractivity contribution in [3.63, 3.8) is 0 Å². The van der Waals surface area contributed by atoms with E-state index in [4.69, 9.17) is 0 Å². The average molecular weight is 282 g/mol. The highest BCUT2D eigenvalue weighted by molar-refractivity contribution is 7.89. The lowest BCUT2D eigenvalue weighted by Gasteiger charge is -2.27. The Morgan fingerprint density at radius 2 is 1.84 bits per heavy atom. The second kappa shape index (κ2) is 5.92. The zero-order valence-electron chi connectivity index (χ0n) is 11.5. The standard InChI is InChI=1S/C14H22N2O2S/c1-11-4-3-5-13(10-11)16-19(17,18)14-8-6-12(15-2)7-9-14/h6-9,11,13,15-16H,3-5,10H2,1-2H3. The Bertz CT molecular complexity index is 511. The van der Waals surface area contributed by atoms with Crippen molar-refractivity contribution in [2.75, 3.05) is 12.4 Å². The van der Waals surface area contributed by atoms with Crippen LogP contribution in [0.2, 0.25) is 0 Å². The Morgan fingerprint density at radius 3 is 2.42 bits per heavy atom. The maximum atomic E-state index is 12.3. The van der Waals surface area contributed by atoms with Crippen molar-refractivity contribution in [2.45, 2.75) is 43.5 Å². The fraction of sp³-hybridized carbons (Fsp3) is 0.571. The van der Waals surface area contributed by atoms with Gasteiger partial charge in [-0.2, -0.15) is 0 Å². The first kappa shape index (κ1) is 14.3. The van der Waals surface area contributed by atoms with Crippen LogP contribution in [-0.4, -0.2) is 21.5 Å². The van der Waals surface area contributed by atoms with Gasteiger partial charge < -0.3 is 5.32 Å². The van der Waals surface area contributed by atoms with Crippen LogP contribution >= 0.6 is 0 Å². The Labute approximate surface area is 115 Å². The topological polar surface area (TPSA) is 58.2 Å². The van der Waals surface area contributed by atoms with Crippen LogP contribution in [-0.2, 0) is 10.0 Å². The molecule has 5 heteroatoms. The zero-order chi connectivity index (χ0) is 13.9. The molecule has 2 N–H and O–H groups in total. The van der Waals surface area contributed by atoms with E-state index in [1.807, 2.05) is 7.05 Å². The lowest BCUT2D eigenvalue weighted by molar-refractivity contribution is 0.327. The van der Waals surface area contributed by atoms with E-state index in [1.54, 1.807) is 24.3 Å². The summed E-state index contributed by atoms with van der Waals surface area (Å²) in [5, 5.41) is 2.98. The van der Waals surface area contributed by atoms with Crippen LogP contribution in [0.1, 0.15) is 32.6 Å². The molecule has 2 unspecified atom stereocenters. The van der Waals surface area contributed by atoms with Gasteiger partial charge in [-0.15, -0.1) is 0 Å². The first-order valence-corrected chi connectivity index (χ1v) is 8.30. The van der Waals surface area contributed by atoms with Gasteiger partial charge in [0.2, 0.25) is 10.0 Å². The Kier molecular flexibility index (Phi) is 4.47. The van der Waals surface area contributed by atoms with Crippen LogP contribution in [0.4, 0.5) is 5.69 Å². The SMILES string of the molecule is CNc1ccc(S(=O)(=O)NC2CCCC(C)C2)cc1. The molecule has 0 aliphatic heterocycles. The summed E-state index contributed by atoms with van der Waals surface area (Å²) in [4.78, 5) is 0.338. The highest BCUT2D eigenvalue weighted by Gasteiger charge is 2.24. The highest BCUT2D eigenvalue weighted by Crippen LogP contribution is 2.25. The van der Waals surface area contributed by atoms with Crippen molar-refractivity contribution >= 4 is 15.7 Å². The highest BCUT2D eigenvalue weighted by atomic mass is 32.2. The first-order chi connectivity index (χ1) is 9.01. The summed E-state index contributed by atoms with van der Waals surface area (Å²) in [5.41, 5.74) is 0.908. The fourth-order valence-electron chi connectivity index (χ4n) is 2.63. The smallest absolute Gasteiger partial charge is 0.240 e. The monoisotopic (exact) mass is 282 g/mol. The summed E-state index contributed by atoms with van der Waals surface area (Å²) in [6.07, 6.45) is 4.19. The quantitative estimate of drug-likeness (QED) is 0.892. The molecule has 0 heterocycles. The molecule has 0 amide bonds. The number of anilines is 1. The maximum absolute atomic E-state index is 12.3. The van der Waals surface area contributed by atoms with Gasteiger partial charge in [0.15, 0.2) is 0 Å². The van der Waals surface area contributed by atoms with Crippen molar-refractivity contribution in [3.8, 4) is 0 Å². The second-order valence-electron chi connectivity index (χ2n) is 5.36. The number of nitrogens with one attached hydrogen (secondary N) is 2. The third-order valence-electron chi connectivity index (χ3n) is 3.71. The van der Waals surface area contributed by atoms with Crippen LogP contribution in [0, 0.1) is 5.92 Å². The normalized spacial score (nSPS) is 24.1. The van der Waals surface area contributed by atoms with Crippen molar-refractivity contribution in [1.82, 2.24) is 4.72 Å². The first-order valence-electron chi connectivity index (χ1n) is 6.81. The van der Waals surface area contributed by atoms with Crippen molar-refractivity contribution < 1.29 is 8.42 Å². The van der Waals surface area contributed by atoms with Gasteiger partial charge in [0.25, 0.3) is 0 Å². The molecule has 0 bridgehead atoms. The number of hydrogen-bond donors (Lipinski definition) is 2. The van der Waals surface area contributed by atoms with Crippen LogP contribution in [0.5, 0.6) is 0 Å². The Balaban J connectivity index is 2.08. The molecule has 0 spiro atoms. The van der Waals surface area contributed by atoms with E-state index in [9.17, 15) is 8.42 Å². The predicted molar refractivity (Wildman–Crippen MR) is 77.7 cm³/mol. The van der Waals surface area contributed by atoms with Gasteiger partial charge >= 0.3 is 0 Å². The maximum Gasteiger partial charge on any atom is 0.240 e.